The first-order valence-corrected chi connectivity index (χ1v) is 10.6. The van der Waals surface area contributed by atoms with Gasteiger partial charge in [0.15, 0.2) is 0 Å². The van der Waals surface area contributed by atoms with Crippen molar-refractivity contribution in [2.24, 2.45) is 5.73 Å². The number of ether oxygens (including phenoxy) is 1. The van der Waals surface area contributed by atoms with Gasteiger partial charge in [0.1, 0.15) is 5.60 Å². The van der Waals surface area contributed by atoms with Crippen LogP contribution in [0.5, 0.6) is 0 Å². The molecule has 0 unspecified atom stereocenters. The number of carbonyl (C=O) groups is 1. The third-order valence-corrected chi connectivity index (χ3v) is 6.48. The molecule has 1 aromatic carbocycles. The number of halogens is 1. The van der Waals surface area contributed by atoms with E-state index in [-0.39, 0.29) is 17.9 Å². The highest BCUT2D eigenvalue weighted by Gasteiger charge is 2.40. The standard InChI is InChI=1S/C24H26ClN3O2/c1-5-21(26)16-8-9-20(25)19-12-27-15(11-18(16)19)10-14-6-7-17-22(28-14)13(2)24(3,4)30-23(17)29/h6-9,11-13,21H,5,10,26H2,1-4H3/t13-,21+/m1/s1. The number of fused-ring (bicyclic) bond motifs is 2. The molecule has 5 nitrogen and oxygen atoms in total. The van der Waals surface area contributed by atoms with Crippen LogP contribution in [0.4, 0.5) is 0 Å². The normalized spacial score (nSPS) is 18.7. The van der Waals surface area contributed by atoms with E-state index < -0.39 is 5.60 Å². The molecule has 2 atom stereocenters. The van der Waals surface area contributed by atoms with Crippen LogP contribution in [0.15, 0.2) is 36.5 Å². The van der Waals surface area contributed by atoms with E-state index in [1.807, 2.05) is 45.0 Å². The van der Waals surface area contributed by atoms with Gasteiger partial charge in [-0.1, -0.05) is 31.5 Å². The molecule has 0 radical (unpaired) electrons. The first kappa shape index (κ1) is 20.8. The summed E-state index contributed by atoms with van der Waals surface area (Å²) >= 11 is 6.39. The Labute approximate surface area is 181 Å². The molecule has 0 amide bonds. The number of pyridine rings is 2. The monoisotopic (exact) mass is 423 g/mol. The highest BCUT2D eigenvalue weighted by atomic mass is 35.5. The minimum absolute atomic E-state index is 0.00248. The largest absolute Gasteiger partial charge is 0.455 e. The smallest absolute Gasteiger partial charge is 0.340 e. The number of hydrogen-bond donors (Lipinski definition) is 1. The minimum Gasteiger partial charge on any atom is -0.455 e. The number of nitrogens with two attached hydrogens (primary N) is 1. The third-order valence-electron chi connectivity index (χ3n) is 6.15. The molecule has 0 aliphatic carbocycles. The van der Waals surface area contributed by atoms with E-state index >= 15 is 0 Å². The summed E-state index contributed by atoms with van der Waals surface area (Å²) in [7, 11) is 0. The topological polar surface area (TPSA) is 78.1 Å². The Balaban J connectivity index is 1.73. The highest BCUT2D eigenvalue weighted by Crippen LogP contribution is 2.37. The van der Waals surface area contributed by atoms with Gasteiger partial charge in [0.05, 0.1) is 11.3 Å². The lowest BCUT2D eigenvalue weighted by atomic mass is 9.84. The van der Waals surface area contributed by atoms with Gasteiger partial charge in [0.2, 0.25) is 0 Å². The number of aromatic nitrogens is 2. The highest BCUT2D eigenvalue weighted by molar-refractivity contribution is 6.35. The summed E-state index contributed by atoms with van der Waals surface area (Å²) in [4.78, 5) is 21.7. The van der Waals surface area contributed by atoms with Crippen LogP contribution in [0.25, 0.3) is 10.8 Å². The molecule has 1 aliphatic heterocycles. The lowest BCUT2D eigenvalue weighted by molar-refractivity contribution is -0.0190. The van der Waals surface area contributed by atoms with Crippen LogP contribution in [-0.4, -0.2) is 21.5 Å². The lowest BCUT2D eigenvalue weighted by Gasteiger charge is -2.36. The zero-order chi connectivity index (χ0) is 21.6. The molecule has 1 aliphatic rings. The Morgan fingerprint density at radius 1 is 1.20 bits per heavy atom. The zero-order valence-electron chi connectivity index (χ0n) is 17.7. The molecule has 2 aromatic heterocycles. The quantitative estimate of drug-likeness (QED) is 0.573. The van der Waals surface area contributed by atoms with Gasteiger partial charge in [-0.15, -0.1) is 0 Å². The maximum Gasteiger partial charge on any atom is 0.340 e. The Morgan fingerprint density at radius 3 is 2.70 bits per heavy atom. The molecule has 30 heavy (non-hydrogen) atoms. The summed E-state index contributed by atoms with van der Waals surface area (Å²) in [6.07, 6.45) is 3.20. The fourth-order valence-electron chi connectivity index (χ4n) is 3.93. The van der Waals surface area contributed by atoms with Gasteiger partial charge in [0, 0.05) is 46.4 Å². The molecule has 2 N–H and O–H groups in total. The van der Waals surface area contributed by atoms with Crippen molar-refractivity contribution in [3.05, 3.63) is 69.8 Å². The van der Waals surface area contributed by atoms with Gasteiger partial charge >= 0.3 is 5.97 Å². The van der Waals surface area contributed by atoms with Crippen molar-refractivity contribution in [2.45, 2.75) is 58.1 Å². The molecule has 0 spiro atoms. The predicted molar refractivity (Wildman–Crippen MR) is 119 cm³/mol. The fraction of sp³-hybridized carbons (Fsp3) is 0.375. The van der Waals surface area contributed by atoms with Crippen molar-refractivity contribution in [3.63, 3.8) is 0 Å². The summed E-state index contributed by atoms with van der Waals surface area (Å²) in [6.45, 7) is 7.94. The third kappa shape index (κ3) is 3.57. The number of rotatable bonds is 4. The molecule has 156 valence electrons. The Bertz CT molecular complexity index is 1140. The van der Waals surface area contributed by atoms with E-state index in [9.17, 15) is 4.79 Å². The molecule has 3 heterocycles. The van der Waals surface area contributed by atoms with Crippen molar-refractivity contribution >= 4 is 28.3 Å². The fourth-order valence-corrected chi connectivity index (χ4v) is 4.14. The van der Waals surface area contributed by atoms with Crippen LogP contribution in [0, 0.1) is 0 Å². The summed E-state index contributed by atoms with van der Waals surface area (Å²) in [6, 6.07) is 9.54. The van der Waals surface area contributed by atoms with Crippen LogP contribution in [0.3, 0.4) is 0 Å². The van der Waals surface area contributed by atoms with E-state index in [2.05, 4.69) is 18.0 Å². The van der Waals surface area contributed by atoms with Gasteiger partial charge in [-0.05, 0) is 55.5 Å². The molecule has 0 saturated carbocycles. The zero-order valence-corrected chi connectivity index (χ0v) is 18.5. The summed E-state index contributed by atoms with van der Waals surface area (Å²) in [5.74, 6) is -0.313. The van der Waals surface area contributed by atoms with Gasteiger partial charge in [-0.3, -0.25) is 9.97 Å². The van der Waals surface area contributed by atoms with Crippen molar-refractivity contribution in [3.8, 4) is 0 Å². The van der Waals surface area contributed by atoms with Crippen LogP contribution in [0.1, 0.15) is 79.1 Å². The van der Waals surface area contributed by atoms with Gasteiger partial charge in [0.25, 0.3) is 0 Å². The average Bonchev–Trinajstić information content (AvgIpc) is 2.71. The van der Waals surface area contributed by atoms with E-state index in [0.29, 0.717) is 17.0 Å². The van der Waals surface area contributed by atoms with Crippen molar-refractivity contribution in [1.82, 2.24) is 9.97 Å². The molecular weight excluding hydrogens is 398 g/mol. The second kappa shape index (κ2) is 7.64. The SMILES string of the molecule is CC[C@H](N)c1ccc(Cl)c2cnc(Cc3ccc4c(n3)[C@@H](C)C(C)(C)OC4=O)cc12. The van der Waals surface area contributed by atoms with E-state index in [1.54, 1.807) is 6.20 Å². The van der Waals surface area contributed by atoms with E-state index in [4.69, 9.17) is 27.1 Å². The second-order valence-electron chi connectivity index (χ2n) is 8.50. The van der Waals surface area contributed by atoms with Gasteiger partial charge in [-0.25, -0.2) is 4.79 Å². The van der Waals surface area contributed by atoms with Crippen molar-refractivity contribution in [2.75, 3.05) is 0 Å². The molecule has 0 saturated heterocycles. The number of carbonyl (C=O) groups excluding carboxylic acids is 1. The number of benzene rings is 1. The summed E-state index contributed by atoms with van der Waals surface area (Å²) in [5, 5.41) is 2.59. The van der Waals surface area contributed by atoms with E-state index in [1.165, 1.54) is 0 Å². The molecule has 0 fully saturated rings. The minimum atomic E-state index is -0.584. The van der Waals surface area contributed by atoms with E-state index in [0.717, 1.165) is 39.8 Å². The number of esters is 1. The molecule has 3 aromatic rings. The second-order valence-corrected chi connectivity index (χ2v) is 8.91. The van der Waals surface area contributed by atoms with Gasteiger partial charge < -0.3 is 10.5 Å². The molecule has 6 heteroatoms. The summed E-state index contributed by atoms with van der Waals surface area (Å²) in [5.41, 5.74) is 9.87. The summed E-state index contributed by atoms with van der Waals surface area (Å²) < 4.78 is 5.56. The Kier molecular flexibility index (Phi) is 5.28. The van der Waals surface area contributed by atoms with Crippen molar-refractivity contribution < 1.29 is 9.53 Å². The lowest BCUT2D eigenvalue weighted by Crippen LogP contribution is -2.39. The number of hydrogen-bond acceptors (Lipinski definition) is 5. The number of nitrogens with zero attached hydrogens (tertiary/aromatic N) is 2. The maximum absolute atomic E-state index is 12.3. The maximum atomic E-state index is 12.3. The molecule has 0 bridgehead atoms. The Hall–Kier alpha value is -2.50. The average molecular weight is 424 g/mol. The first-order valence-electron chi connectivity index (χ1n) is 10.3. The van der Waals surface area contributed by atoms with Crippen LogP contribution >= 0.6 is 11.6 Å². The Morgan fingerprint density at radius 2 is 1.97 bits per heavy atom. The van der Waals surface area contributed by atoms with Gasteiger partial charge in [-0.2, -0.15) is 0 Å². The molecular formula is C24H26ClN3O2. The first-order chi connectivity index (χ1) is 14.2. The predicted octanol–water partition coefficient (Wildman–Crippen LogP) is 5.34. The molecule has 4 rings (SSSR count). The van der Waals surface area contributed by atoms with Crippen LogP contribution in [0.2, 0.25) is 5.02 Å². The van der Waals surface area contributed by atoms with Crippen LogP contribution < -0.4 is 5.73 Å². The van der Waals surface area contributed by atoms with Crippen LogP contribution in [-0.2, 0) is 11.2 Å². The van der Waals surface area contributed by atoms with Crippen molar-refractivity contribution in [1.29, 1.82) is 0 Å². The number of cyclic esters (lactones) is 1.